The van der Waals surface area contributed by atoms with E-state index in [0.29, 0.717) is 0 Å². The summed E-state index contributed by atoms with van der Waals surface area (Å²) >= 11 is 0. The molecule has 0 atom stereocenters. The van der Waals surface area contributed by atoms with E-state index in [2.05, 4.69) is 60.4 Å². The molecule has 5 rings (SSSR count). The number of hydrogen-bond acceptors (Lipinski definition) is 2. The van der Waals surface area contributed by atoms with Crippen LogP contribution in [0.4, 0.5) is 0 Å². The highest BCUT2D eigenvalue weighted by Crippen LogP contribution is 2.41. The molecule has 3 aromatic carbocycles. The molecule has 1 aromatic heterocycles. The molecule has 0 spiro atoms. The van der Waals surface area contributed by atoms with Gasteiger partial charge in [0, 0.05) is 5.56 Å². The van der Waals surface area contributed by atoms with Gasteiger partial charge in [0.15, 0.2) is 0 Å². The second kappa shape index (κ2) is 5.50. The largest absolute Gasteiger partial charge is 0.257 e. The zero-order valence-electron chi connectivity index (χ0n) is 15.3. The molecule has 4 aromatic rings. The second-order valence-corrected chi connectivity index (χ2v) is 7.29. The lowest BCUT2D eigenvalue weighted by Crippen LogP contribution is -1.94. The number of aromatic nitrogens is 2. The van der Waals surface area contributed by atoms with Crippen molar-refractivity contribution in [2.45, 2.75) is 27.2 Å². The Morgan fingerprint density at radius 2 is 1.65 bits per heavy atom. The van der Waals surface area contributed by atoms with Gasteiger partial charge in [-0.1, -0.05) is 48.0 Å². The van der Waals surface area contributed by atoms with E-state index in [1.165, 1.54) is 38.6 Å². The zero-order chi connectivity index (χ0) is 17.8. The van der Waals surface area contributed by atoms with Gasteiger partial charge in [0.2, 0.25) is 0 Å². The van der Waals surface area contributed by atoms with Gasteiger partial charge in [-0.05, 0) is 66.3 Å². The van der Waals surface area contributed by atoms with E-state index in [0.717, 1.165) is 29.1 Å². The highest BCUT2D eigenvalue weighted by atomic mass is 14.8. The summed E-state index contributed by atoms with van der Waals surface area (Å²) in [6.45, 7) is 6.17. The maximum absolute atomic E-state index is 4.71. The Kier molecular flexibility index (Phi) is 3.23. The Bertz CT molecular complexity index is 1190. The summed E-state index contributed by atoms with van der Waals surface area (Å²) in [6, 6.07) is 18.0. The molecule has 0 fully saturated rings. The Balaban J connectivity index is 1.63. The molecule has 0 saturated heterocycles. The Morgan fingerprint density at radius 3 is 2.50 bits per heavy atom. The van der Waals surface area contributed by atoms with Crippen LogP contribution in [0.2, 0.25) is 0 Å². The molecule has 0 radical (unpaired) electrons. The van der Waals surface area contributed by atoms with E-state index < -0.39 is 0 Å². The maximum atomic E-state index is 4.71. The van der Waals surface area contributed by atoms with Crippen LogP contribution < -0.4 is 0 Å². The molecule has 2 heteroatoms. The van der Waals surface area contributed by atoms with E-state index in [1.807, 2.05) is 20.0 Å². The smallest absolute Gasteiger partial charge is 0.0888 e. The van der Waals surface area contributed by atoms with E-state index in [4.69, 9.17) is 4.98 Å². The summed E-state index contributed by atoms with van der Waals surface area (Å²) in [5, 5.41) is 2.70. The van der Waals surface area contributed by atoms with Crippen LogP contribution in [0.25, 0.3) is 33.2 Å². The van der Waals surface area contributed by atoms with Gasteiger partial charge in [-0.25, -0.2) is 4.98 Å². The summed E-state index contributed by atoms with van der Waals surface area (Å²) < 4.78 is 0. The highest BCUT2D eigenvalue weighted by molar-refractivity contribution is 5.95. The SMILES string of the molecule is Cc1ccc2c3c(ccc2c1)-c1ccc(-c2cnc(C)c(C)n2)cc1C3. The molecule has 1 aliphatic carbocycles. The topological polar surface area (TPSA) is 25.8 Å². The number of hydrogen-bond donors (Lipinski definition) is 0. The lowest BCUT2D eigenvalue weighted by molar-refractivity contribution is 1.05. The van der Waals surface area contributed by atoms with Gasteiger partial charge in [0.1, 0.15) is 0 Å². The number of fused-ring (bicyclic) bond motifs is 5. The third kappa shape index (κ3) is 2.26. The molecule has 1 aliphatic rings. The van der Waals surface area contributed by atoms with Crippen molar-refractivity contribution >= 4 is 10.8 Å². The van der Waals surface area contributed by atoms with Crippen LogP contribution in [-0.4, -0.2) is 9.97 Å². The molecule has 0 saturated carbocycles. The van der Waals surface area contributed by atoms with Crippen LogP contribution in [0, 0.1) is 20.8 Å². The summed E-state index contributed by atoms with van der Waals surface area (Å²) in [5.41, 5.74) is 10.9. The van der Waals surface area contributed by atoms with Crippen molar-refractivity contribution in [2.24, 2.45) is 0 Å². The molecule has 2 nitrogen and oxygen atoms in total. The van der Waals surface area contributed by atoms with Crippen LogP contribution in [0.3, 0.4) is 0 Å². The summed E-state index contributed by atoms with van der Waals surface area (Å²) in [4.78, 5) is 9.19. The summed E-state index contributed by atoms with van der Waals surface area (Å²) in [6.07, 6.45) is 2.86. The normalized spacial score (nSPS) is 12.3. The lowest BCUT2D eigenvalue weighted by atomic mass is 9.98. The quantitative estimate of drug-likeness (QED) is 0.387. The molecule has 0 unspecified atom stereocenters. The first-order valence-corrected chi connectivity index (χ1v) is 9.06. The molecule has 126 valence electrons. The van der Waals surface area contributed by atoms with Crippen molar-refractivity contribution in [1.29, 1.82) is 0 Å². The Morgan fingerprint density at radius 1 is 0.808 bits per heavy atom. The minimum atomic E-state index is 0.951. The van der Waals surface area contributed by atoms with Crippen molar-refractivity contribution in [3.8, 4) is 22.4 Å². The molecular formula is C24H20N2. The first kappa shape index (κ1) is 15.3. The standard InChI is InChI=1S/C24H20N2/c1-14-4-7-20-17(10-14)5-9-22-21-8-6-18(11-19(21)12-23(20)22)24-13-25-15(2)16(3)26-24/h4-11,13H,12H2,1-3H3. The van der Waals surface area contributed by atoms with Crippen LogP contribution in [0.15, 0.2) is 54.7 Å². The monoisotopic (exact) mass is 336 g/mol. The van der Waals surface area contributed by atoms with E-state index >= 15 is 0 Å². The fourth-order valence-electron chi connectivity index (χ4n) is 3.99. The first-order chi connectivity index (χ1) is 12.6. The van der Waals surface area contributed by atoms with Gasteiger partial charge in [-0.3, -0.25) is 4.98 Å². The van der Waals surface area contributed by atoms with Crippen molar-refractivity contribution in [2.75, 3.05) is 0 Å². The number of nitrogens with zero attached hydrogens (tertiary/aromatic N) is 2. The predicted octanol–water partition coefficient (Wildman–Crippen LogP) is 5.79. The molecule has 0 N–H and O–H groups in total. The maximum Gasteiger partial charge on any atom is 0.0888 e. The third-order valence-electron chi connectivity index (χ3n) is 5.54. The zero-order valence-corrected chi connectivity index (χ0v) is 15.3. The van der Waals surface area contributed by atoms with E-state index in [1.54, 1.807) is 0 Å². The minimum Gasteiger partial charge on any atom is -0.257 e. The van der Waals surface area contributed by atoms with Crippen LogP contribution >= 0.6 is 0 Å². The van der Waals surface area contributed by atoms with Gasteiger partial charge in [0.25, 0.3) is 0 Å². The Labute approximate surface area is 153 Å². The van der Waals surface area contributed by atoms with Gasteiger partial charge in [0.05, 0.1) is 23.3 Å². The first-order valence-electron chi connectivity index (χ1n) is 9.06. The molecule has 0 bridgehead atoms. The average Bonchev–Trinajstić information content (AvgIpc) is 3.01. The molecule has 26 heavy (non-hydrogen) atoms. The Hall–Kier alpha value is -3.00. The van der Waals surface area contributed by atoms with Crippen molar-refractivity contribution in [3.63, 3.8) is 0 Å². The second-order valence-electron chi connectivity index (χ2n) is 7.29. The van der Waals surface area contributed by atoms with Gasteiger partial charge in [-0.2, -0.15) is 0 Å². The van der Waals surface area contributed by atoms with E-state index in [9.17, 15) is 0 Å². The molecular weight excluding hydrogens is 316 g/mol. The van der Waals surface area contributed by atoms with Crippen molar-refractivity contribution in [3.05, 3.63) is 82.8 Å². The number of rotatable bonds is 1. The third-order valence-corrected chi connectivity index (χ3v) is 5.54. The van der Waals surface area contributed by atoms with Crippen LogP contribution in [0.1, 0.15) is 28.1 Å². The fraction of sp³-hybridized carbons (Fsp3) is 0.167. The van der Waals surface area contributed by atoms with E-state index in [-0.39, 0.29) is 0 Å². The highest BCUT2D eigenvalue weighted by Gasteiger charge is 2.21. The molecule has 0 amide bonds. The van der Waals surface area contributed by atoms with Gasteiger partial charge >= 0.3 is 0 Å². The summed E-state index contributed by atoms with van der Waals surface area (Å²) in [5.74, 6) is 0. The predicted molar refractivity (Wildman–Crippen MR) is 107 cm³/mol. The number of aryl methyl sites for hydroxylation is 3. The van der Waals surface area contributed by atoms with Gasteiger partial charge in [-0.15, -0.1) is 0 Å². The summed E-state index contributed by atoms with van der Waals surface area (Å²) in [7, 11) is 0. The van der Waals surface area contributed by atoms with Crippen LogP contribution in [0.5, 0.6) is 0 Å². The molecule has 0 aliphatic heterocycles. The minimum absolute atomic E-state index is 0.951. The lowest BCUT2D eigenvalue weighted by Gasteiger charge is -2.07. The number of benzene rings is 3. The van der Waals surface area contributed by atoms with Gasteiger partial charge < -0.3 is 0 Å². The van der Waals surface area contributed by atoms with Crippen molar-refractivity contribution < 1.29 is 0 Å². The fourth-order valence-corrected chi connectivity index (χ4v) is 3.99. The average molecular weight is 336 g/mol. The van der Waals surface area contributed by atoms with Crippen molar-refractivity contribution in [1.82, 2.24) is 9.97 Å². The molecule has 1 heterocycles. The van der Waals surface area contributed by atoms with Crippen LogP contribution in [-0.2, 0) is 6.42 Å².